The van der Waals surface area contributed by atoms with Gasteiger partial charge in [0.2, 0.25) is 5.91 Å². The first-order valence-corrected chi connectivity index (χ1v) is 9.65. The molecule has 5 nitrogen and oxygen atoms in total. The second kappa shape index (κ2) is 7.44. The van der Waals surface area contributed by atoms with Gasteiger partial charge in [-0.15, -0.1) is 10.2 Å². The van der Waals surface area contributed by atoms with Crippen LogP contribution in [0.2, 0.25) is 0 Å². The summed E-state index contributed by atoms with van der Waals surface area (Å²) in [4.78, 5) is 16.9. The number of likely N-dealkylation sites (tertiary alicyclic amines) is 1. The number of rotatable bonds is 3. The third-order valence-corrected chi connectivity index (χ3v) is 5.58. The largest absolute Gasteiger partial charge is 0.355 e. The molecule has 2 fully saturated rings. The Kier molecular flexibility index (Phi) is 4.87. The first-order chi connectivity index (χ1) is 12.7. The highest BCUT2D eigenvalue weighted by molar-refractivity contribution is 5.79. The van der Waals surface area contributed by atoms with Gasteiger partial charge in [0.25, 0.3) is 0 Å². The lowest BCUT2D eigenvalue weighted by atomic mass is 9.95. The van der Waals surface area contributed by atoms with Gasteiger partial charge in [-0.2, -0.15) is 0 Å². The summed E-state index contributed by atoms with van der Waals surface area (Å²) in [5, 5.41) is 8.83. The highest BCUT2D eigenvalue weighted by Crippen LogP contribution is 2.25. The van der Waals surface area contributed by atoms with Gasteiger partial charge < -0.3 is 9.80 Å². The van der Waals surface area contributed by atoms with Gasteiger partial charge in [-0.1, -0.05) is 29.8 Å². The van der Waals surface area contributed by atoms with Crippen LogP contribution in [0.1, 0.15) is 31.2 Å². The maximum Gasteiger partial charge on any atom is 0.225 e. The maximum absolute atomic E-state index is 12.5. The predicted molar refractivity (Wildman–Crippen MR) is 103 cm³/mol. The summed E-state index contributed by atoms with van der Waals surface area (Å²) in [6.45, 7) is 5.73. The lowest BCUT2D eigenvalue weighted by Gasteiger charge is -2.33. The minimum absolute atomic E-state index is 0.184. The molecule has 1 amide bonds. The molecule has 4 rings (SSSR count). The smallest absolute Gasteiger partial charge is 0.225 e. The van der Waals surface area contributed by atoms with Crippen LogP contribution in [0.5, 0.6) is 0 Å². The Morgan fingerprint density at radius 3 is 2.23 bits per heavy atom. The molecule has 0 unspecified atom stereocenters. The molecule has 2 aliphatic rings. The molecule has 0 saturated carbocycles. The van der Waals surface area contributed by atoms with Crippen LogP contribution in [0.25, 0.3) is 11.3 Å². The number of aryl methyl sites for hydroxylation is 1. The second-order valence-corrected chi connectivity index (χ2v) is 7.44. The minimum Gasteiger partial charge on any atom is -0.355 e. The summed E-state index contributed by atoms with van der Waals surface area (Å²) < 4.78 is 0. The lowest BCUT2D eigenvalue weighted by Crippen LogP contribution is -2.42. The van der Waals surface area contributed by atoms with Crippen molar-refractivity contribution in [3.63, 3.8) is 0 Å². The SMILES string of the molecule is Cc1ccc(-c2ccc(N3CCC(C(=O)N4CCCC4)CC3)nn2)cc1. The third kappa shape index (κ3) is 3.57. The molecule has 1 aromatic carbocycles. The van der Waals surface area contributed by atoms with Gasteiger partial charge in [0.1, 0.15) is 0 Å². The number of hydrogen-bond acceptors (Lipinski definition) is 4. The van der Waals surface area contributed by atoms with Crippen molar-refractivity contribution in [1.29, 1.82) is 0 Å². The van der Waals surface area contributed by atoms with Crippen LogP contribution < -0.4 is 4.90 Å². The Hall–Kier alpha value is -2.43. The molecule has 0 N–H and O–H groups in total. The van der Waals surface area contributed by atoms with Crippen LogP contribution in [0.15, 0.2) is 36.4 Å². The van der Waals surface area contributed by atoms with Crippen molar-refractivity contribution in [3.8, 4) is 11.3 Å². The number of anilines is 1. The van der Waals surface area contributed by atoms with Crippen LogP contribution in [0.4, 0.5) is 5.82 Å². The van der Waals surface area contributed by atoms with Gasteiger partial charge in [0, 0.05) is 37.7 Å². The molecule has 1 aromatic heterocycles. The fourth-order valence-electron chi connectivity index (χ4n) is 3.92. The first-order valence-electron chi connectivity index (χ1n) is 9.65. The van der Waals surface area contributed by atoms with Gasteiger partial charge >= 0.3 is 0 Å². The molecule has 3 heterocycles. The van der Waals surface area contributed by atoms with Crippen LogP contribution in [-0.2, 0) is 4.79 Å². The molecule has 26 heavy (non-hydrogen) atoms. The van der Waals surface area contributed by atoms with E-state index in [1.165, 1.54) is 5.56 Å². The summed E-state index contributed by atoms with van der Waals surface area (Å²) in [5.41, 5.74) is 3.22. The highest BCUT2D eigenvalue weighted by atomic mass is 16.2. The van der Waals surface area contributed by atoms with Crippen LogP contribution in [0, 0.1) is 12.8 Å². The van der Waals surface area contributed by atoms with E-state index in [4.69, 9.17) is 0 Å². The van der Waals surface area contributed by atoms with Gasteiger partial charge in [-0.25, -0.2) is 0 Å². The zero-order valence-electron chi connectivity index (χ0n) is 15.4. The van der Waals surface area contributed by atoms with E-state index in [1.807, 2.05) is 12.1 Å². The van der Waals surface area contributed by atoms with Crippen LogP contribution in [0.3, 0.4) is 0 Å². The van der Waals surface area contributed by atoms with E-state index in [9.17, 15) is 4.79 Å². The monoisotopic (exact) mass is 350 g/mol. The molecule has 136 valence electrons. The molecule has 0 bridgehead atoms. The van der Waals surface area contributed by atoms with E-state index in [2.05, 4.69) is 51.2 Å². The number of carbonyl (C=O) groups excluding carboxylic acids is 1. The second-order valence-electron chi connectivity index (χ2n) is 7.44. The summed E-state index contributed by atoms with van der Waals surface area (Å²) in [5.74, 6) is 1.46. The maximum atomic E-state index is 12.5. The summed E-state index contributed by atoms with van der Waals surface area (Å²) in [6.07, 6.45) is 4.15. The Balaban J connectivity index is 1.37. The van der Waals surface area contributed by atoms with Gasteiger partial charge in [0.05, 0.1) is 5.69 Å². The van der Waals surface area contributed by atoms with Crippen molar-refractivity contribution in [1.82, 2.24) is 15.1 Å². The molecular weight excluding hydrogens is 324 g/mol. The zero-order chi connectivity index (χ0) is 17.9. The first kappa shape index (κ1) is 17.0. The van der Waals surface area contributed by atoms with Crippen molar-refractivity contribution < 1.29 is 4.79 Å². The number of piperidine rings is 1. The lowest BCUT2D eigenvalue weighted by molar-refractivity contribution is -0.135. The van der Waals surface area contributed by atoms with E-state index in [-0.39, 0.29) is 5.92 Å². The number of carbonyl (C=O) groups is 1. The van der Waals surface area contributed by atoms with Crippen LogP contribution in [-0.4, -0.2) is 47.2 Å². The summed E-state index contributed by atoms with van der Waals surface area (Å²) in [7, 11) is 0. The molecule has 0 spiro atoms. The average Bonchev–Trinajstić information content (AvgIpc) is 3.23. The van der Waals surface area contributed by atoms with E-state index >= 15 is 0 Å². The molecule has 0 atom stereocenters. The number of benzene rings is 1. The third-order valence-electron chi connectivity index (χ3n) is 5.58. The van der Waals surface area contributed by atoms with Crippen molar-refractivity contribution in [2.24, 2.45) is 5.92 Å². The molecule has 5 heteroatoms. The minimum atomic E-state index is 0.184. The Bertz CT molecular complexity index is 743. The van der Waals surface area contributed by atoms with E-state index in [1.54, 1.807) is 0 Å². The van der Waals surface area contributed by atoms with Gasteiger partial charge in [0.15, 0.2) is 5.82 Å². The topological polar surface area (TPSA) is 49.3 Å². The molecular formula is C21H26N4O. The van der Waals surface area contributed by atoms with Crippen molar-refractivity contribution in [2.45, 2.75) is 32.6 Å². The summed E-state index contributed by atoms with van der Waals surface area (Å²) in [6, 6.07) is 12.4. The Labute approximate surface area is 155 Å². The average molecular weight is 350 g/mol. The van der Waals surface area contributed by atoms with Crippen LogP contribution >= 0.6 is 0 Å². The number of hydrogen-bond donors (Lipinski definition) is 0. The molecule has 2 aliphatic heterocycles. The van der Waals surface area contributed by atoms with Gasteiger partial charge in [-0.3, -0.25) is 4.79 Å². The number of aromatic nitrogens is 2. The molecule has 0 aliphatic carbocycles. The highest BCUT2D eigenvalue weighted by Gasteiger charge is 2.30. The normalized spacial score (nSPS) is 18.3. The standard InChI is InChI=1S/C21H26N4O/c1-16-4-6-17(7-5-16)19-8-9-20(23-22-19)24-14-10-18(11-15-24)21(26)25-12-2-3-13-25/h4-9,18H,2-3,10-15H2,1H3. The molecule has 0 radical (unpaired) electrons. The van der Waals surface area contributed by atoms with Crippen molar-refractivity contribution in [2.75, 3.05) is 31.1 Å². The molecule has 2 aromatic rings. The fraction of sp³-hybridized carbons (Fsp3) is 0.476. The molecule has 2 saturated heterocycles. The Morgan fingerprint density at radius 1 is 0.923 bits per heavy atom. The number of amides is 1. The quantitative estimate of drug-likeness (QED) is 0.852. The van der Waals surface area contributed by atoms with E-state index in [0.29, 0.717) is 5.91 Å². The summed E-state index contributed by atoms with van der Waals surface area (Å²) >= 11 is 0. The fourth-order valence-corrected chi connectivity index (χ4v) is 3.92. The van der Waals surface area contributed by atoms with E-state index in [0.717, 1.165) is 68.9 Å². The number of nitrogens with zero attached hydrogens (tertiary/aromatic N) is 4. The zero-order valence-corrected chi connectivity index (χ0v) is 15.4. The van der Waals surface area contributed by atoms with E-state index < -0.39 is 0 Å². The Morgan fingerprint density at radius 2 is 1.62 bits per heavy atom. The van der Waals surface area contributed by atoms with Crippen molar-refractivity contribution >= 4 is 11.7 Å². The predicted octanol–water partition coefficient (Wildman–Crippen LogP) is 3.29. The van der Waals surface area contributed by atoms with Crippen molar-refractivity contribution in [3.05, 3.63) is 42.0 Å². The van der Waals surface area contributed by atoms with Gasteiger partial charge in [-0.05, 0) is 44.7 Å².